The second-order valence-electron chi connectivity index (χ2n) is 5.15. The van der Waals surface area contributed by atoms with Crippen molar-refractivity contribution in [3.8, 4) is 0 Å². The molecular weight excluding hydrogens is 226 g/mol. The molecule has 4 nitrogen and oxygen atoms in total. The summed E-state index contributed by atoms with van der Waals surface area (Å²) >= 11 is 0. The third-order valence-electron chi connectivity index (χ3n) is 3.68. The molecule has 1 aliphatic rings. The van der Waals surface area contributed by atoms with Crippen molar-refractivity contribution in [3.63, 3.8) is 0 Å². The van der Waals surface area contributed by atoms with Gasteiger partial charge in [0.2, 0.25) is 0 Å². The highest BCUT2D eigenvalue weighted by Gasteiger charge is 2.34. The minimum Gasteiger partial charge on any atom is -0.374 e. The molecule has 0 saturated carbocycles. The third-order valence-corrected chi connectivity index (χ3v) is 3.68. The molecule has 0 bridgehead atoms. The van der Waals surface area contributed by atoms with Gasteiger partial charge in [-0.25, -0.2) is 0 Å². The molecule has 0 aromatic carbocycles. The molecule has 2 unspecified atom stereocenters. The van der Waals surface area contributed by atoms with E-state index < -0.39 is 0 Å². The lowest BCUT2D eigenvalue weighted by Crippen LogP contribution is -2.50. The first-order valence-electron chi connectivity index (χ1n) is 6.63. The minimum atomic E-state index is 0.0593. The molecule has 1 aliphatic heterocycles. The maximum Gasteiger partial charge on any atom is 0.0895 e. The van der Waals surface area contributed by atoms with E-state index in [1.165, 1.54) is 11.1 Å². The molecule has 4 heteroatoms. The molecule has 2 heterocycles. The fourth-order valence-corrected chi connectivity index (χ4v) is 2.69. The van der Waals surface area contributed by atoms with E-state index in [-0.39, 0.29) is 12.1 Å². The zero-order chi connectivity index (χ0) is 13.1. The Hall–Kier alpha value is -0.970. The van der Waals surface area contributed by atoms with Gasteiger partial charge in [0.25, 0.3) is 0 Å². The predicted molar refractivity (Wildman–Crippen MR) is 72.4 cm³/mol. The fourth-order valence-electron chi connectivity index (χ4n) is 2.69. The van der Waals surface area contributed by atoms with Crippen LogP contribution in [-0.4, -0.2) is 41.7 Å². The number of morpholine rings is 1. The van der Waals surface area contributed by atoms with Crippen LogP contribution >= 0.6 is 0 Å². The SMILES string of the molecule is Cc1ccncc1C1C(CN)OCCN1C(C)C. The summed E-state index contributed by atoms with van der Waals surface area (Å²) in [7, 11) is 0. The summed E-state index contributed by atoms with van der Waals surface area (Å²) in [5.41, 5.74) is 8.36. The van der Waals surface area contributed by atoms with E-state index in [1.807, 2.05) is 12.4 Å². The van der Waals surface area contributed by atoms with Crippen LogP contribution in [0.4, 0.5) is 0 Å². The highest BCUT2D eigenvalue weighted by atomic mass is 16.5. The lowest BCUT2D eigenvalue weighted by molar-refractivity contribution is -0.0792. The highest BCUT2D eigenvalue weighted by molar-refractivity contribution is 5.27. The van der Waals surface area contributed by atoms with Gasteiger partial charge in [-0.3, -0.25) is 9.88 Å². The predicted octanol–water partition coefficient (Wildman–Crippen LogP) is 1.50. The zero-order valence-corrected chi connectivity index (χ0v) is 11.5. The van der Waals surface area contributed by atoms with Gasteiger partial charge >= 0.3 is 0 Å². The maximum absolute atomic E-state index is 5.87. The van der Waals surface area contributed by atoms with Crippen molar-refractivity contribution in [2.45, 2.75) is 39.0 Å². The van der Waals surface area contributed by atoms with Crippen LogP contribution in [0, 0.1) is 6.92 Å². The van der Waals surface area contributed by atoms with E-state index in [9.17, 15) is 0 Å². The van der Waals surface area contributed by atoms with E-state index in [0.29, 0.717) is 12.6 Å². The molecule has 2 N–H and O–H groups in total. The summed E-state index contributed by atoms with van der Waals surface area (Å²) in [5, 5.41) is 0. The van der Waals surface area contributed by atoms with Gasteiger partial charge in [0.15, 0.2) is 0 Å². The summed E-state index contributed by atoms with van der Waals surface area (Å²) in [6.07, 6.45) is 3.84. The lowest BCUT2D eigenvalue weighted by Gasteiger charge is -2.43. The third kappa shape index (κ3) is 2.55. The Labute approximate surface area is 109 Å². The number of hydrogen-bond donors (Lipinski definition) is 1. The summed E-state index contributed by atoms with van der Waals surface area (Å²) in [5.74, 6) is 0. The smallest absolute Gasteiger partial charge is 0.0895 e. The van der Waals surface area contributed by atoms with Gasteiger partial charge < -0.3 is 10.5 Å². The molecule has 1 saturated heterocycles. The Morgan fingerprint density at radius 1 is 1.56 bits per heavy atom. The van der Waals surface area contributed by atoms with Crippen molar-refractivity contribution in [2.24, 2.45) is 5.73 Å². The van der Waals surface area contributed by atoms with Crippen LogP contribution in [0.25, 0.3) is 0 Å². The van der Waals surface area contributed by atoms with Gasteiger partial charge in [-0.1, -0.05) is 0 Å². The van der Waals surface area contributed by atoms with Gasteiger partial charge in [-0.2, -0.15) is 0 Å². The normalized spacial score (nSPS) is 25.6. The standard InChI is InChI=1S/C14H23N3O/c1-10(2)17-6-7-18-13(8-15)14(17)12-9-16-5-4-11(12)3/h4-5,9-10,13-14H,6-8,15H2,1-3H3. The maximum atomic E-state index is 5.87. The summed E-state index contributed by atoms with van der Waals surface area (Å²) < 4.78 is 5.84. The highest BCUT2D eigenvalue weighted by Crippen LogP contribution is 2.32. The second kappa shape index (κ2) is 5.78. The molecule has 2 rings (SSSR count). The van der Waals surface area contributed by atoms with Crippen molar-refractivity contribution >= 4 is 0 Å². The van der Waals surface area contributed by atoms with E-state index in [2.05, 4.69) is 36.7 Å². The monoisotopic (exact) mass is 249 g/mol. The van der Waals surface area contributed by atoms with Gasteiger partial charge in [-0.05, 0) is 38.0 Å². The minimum absolute atomic E-state index is 0.0593. The van der Waals surface area contributed by atoms with Crippen molar-refractivity contribution in [3.05, 3.63) is 29.6 Å². The number of rotatable bonds is 3. The van der Waals surface area contributed by atoms with E-state index in [0.717, 1.165) is 13.2 Å². The molecule has 1 aromatic rings. The van der Waals surface area contributed by atoms with Crippen LogP contribution < -0.4 is 5.73 Å². The largest absolute Gasteiger partial charge is 0.374 e. The first-order valence-corrected chi connectivity index (χ1v) is 6.63. The fraction of sp³-hybridized carbons (Fsp3) is 0.643. The topological polar surface area (TPSA) is 51.4 Å². The van der Waals surface area contributed by atoms with Crippen molar-refractivity contribution < 1.29 is 4.74 Å². The van der Waals surface area contributed by atoms with Crippen LogP contribution in [-0.2, 0) is 4.74 Å². The summed E-state index contributed by atoms with van der Waals surface area (Å²) in [6, 6.07) is 2.75. The zero-order valence-electron chi connectivity index (χ0n) is 11.5. The van der Waals surface area contributed by atoms with Crippen LogP contribution in [0.3, 0.4) is 0 Å². The van der Waals surface area contributed by atoms with Crippen molar-refractivity contribution in [2.75, 3.05) is 19.7 Å². The number of ether oxygens (including phenoxy) is 1. The number of nitrogens with two attached hydrogens (primary N) is 1. The van der Waals surface area contributed by atoms with E-state index >= 15 is 0 Å². The average Bonchev–Trinajstić information content (AvgIpc) is 2.38. The van der Waals surface area contributed by atoms with Crippen molar-refractivity contribution in [1.29, 1.82) is 0 Å². The van der Waals surface area contributed by atoms with Crippen LogP contribution in [0.5, 0.6) is 0 Å². The lowest BCUT2D eigenvalue weighted by atomic mass is 9.95. The van der Waals surface area contributed by atoms with Gasteiger partial charge in [0.1, 0.15) is 0 Å². The molecule has 0 amide bonds. The number of aryl methyl sites for hydroxylation is 1. The van der Waals surface area contributed by atoms with Gasteiger partial charge in [0.05, 0.1) is 18.8 Å². The second-order valence-corrected chi connectivity index (χ2v) is 5.15. The summed E-state index contributed by atoms with van der Waals surface area (Å²) in [4.78, 5) is 6.72. The molecular formula is C14H23N3O. The Kier molecular flexibility index (Phi) is 4.32. The first-order chi connectivity index (χ1) is 8.65. The van der Waals surface area contributed by atoms with E-state index in [4.69, 9.17) is 10.5 Å². The molecule has 0 radical (unpaired) electrons. The van der Waals surface area contributed by atoms with Gasteiger partial charge in [0, 0.05) is 31.5 Å². The summed E-state index contributed by atoms with van der Waals surface area (Å²) in [6.45, 7) is 8.82. The number of aromatic nitrogens is 1. The quantitative estimate of drug-likeness (QED) is 0.882. The molecule has 1 fully saturated rings. The Morgan fingerprint density at radius 3 is 2.94 bits per heavy atom. The van der Waals surface area contributed by atoms with Crippen LogP contribution in [0.15, 0.2) is 18.5 Å². The van der Waals surface area contributed by atoms with Crippen molar-refractivity contribution in [1.82, 2.24) is 9.88 Å². The molecule has 0 spiro atoms. The number of hydrogen-bond acceptors (Lipinski definition) is 4. The Balaban J connectivity index is 2.37. The van der Waals surface area contributed by atoms with E-state index in [1.54, 1.807) is 0 Å². The number of nitrogens with zero attached hydrogens (tertiary/aromatic N) is 2. The van der Waals surface area contributed by atoms with Crippen LogP contribution in [0.1, 0.15) is 31.0 Å². The Morgan fingerprint density at radius 2 is 2.33 bits per heavy atom. The Bertz CT molecular complexity index is 394. The van der Waals surface area contributed by atoms with Gasteiger partial charge in [-0.15, -0.1) is 0 Å². The molecule has 18 heavy (non-hydrogen) atoms. The molecule has 2 atom stereocenters. The molecule has 1 aromatic heterocycles. The first kappa shape index (κ1) is 13.5. The van der Waals surface area contributed by atoms with Crippen LogP contribution in [0.2, 0.25) is 0 Å². The number of pyridine rings is 1. The molecule has 0 aliphatic carbocycles. The average molecular weight is 249 g/mol. The molecule has 100 valence electrons.